The van der Waals surface area contributed by atoms with Gasteiger partial charge in [0.15, 0.2) is 0 Å². The number of hydrogen-bond donors (Lipinski definition) is 1. The van der Waals surface area contributed by atoms with Gasteiger partial charge in [-0.1, -0.05) is 12.1 Å². The van der Waals surface area contributed by atoms with Crippen LogP contribution in [0.15, 0.2) is 42.7 Å². The lowest BCUT2D eigenvalue weighted by Crippen LogP contribution is -2.39. The number of aryl methyl sites for hydroxylation is 1. The molecule has 0 bridgehead atoms. The van der Waals surface area contributed by atoms with E-state index in [1.807, 2.05) is 36.7 Å². The van der Waals surface area contributed by atoms with Gasteiger partial charge in [-0.2, -0.15) is 0 Å². The highest BCUT2D eigenvalue weighted by molar-refractivity contribution is 5.32. The topological polar surface area (TPSA) is 41.0 Å². The molecule has 0 spiro atoms. The lowest BCUT2D eigenvalue weighted by atomic mass is 9.91. The van der Waals surface area contributed by atoms with E-state index in [0.29, 0.717) is 6.04 Å². The van der Waals surface area contributed by atoms with Crippen LogP contribution >= 0.6 is 0 Å². The van der Waals surface area contributed by atoms with Crippen LogP contribution in [0.1, 0.15) is 17.7 Å². The van der Waals surface area contributed by atoms with E-state index in [2.05, 4.69) is 33.3 Å². The maximum atomic E-state index is 4.53. The lowest BCUT2D eigenvalue weighted by Gasteiger charge is -2.31. The molecule has 0 amide bonds. The standard InChI is InChI=1S/C17H22N4/c1-21(12-11-20-17-6-2-3-9-19-17)15-8-7-14-5-4-10-18-16(14)13-15/h2-6,9-10,15H,7-8,11-13H2,1H3,(H,19,20). The van der Waals surface area contributed by atoms with Crippen molar-refractivity contribution in [2.45, 2.75) is 25.3 Å². The Morgan fingerprint density at radius 2 is 2.10 bits per heavy atom. The molecule has 2 aromatic rings. The molecule has 0 aromatic carbocycles. The largest absolute Gasteiger partial charge is 0.369 e. The Hall–Kier alpha value is -1.94. The summed E-state index contributed by atoms with van der Waals surface area (Å²) in [7, 11) is 2.21. The molecule has 1 aliphatic rings. The summed E-state index contributed by atoms with van der Waals surface area (Å²) in [4.78, 5) is 11.2. The molecule has 0 fully saturated rings. The van der Waals surface area contributed by atoms with E-state index in [4.69, 9.17) is 0 Å². The van der Waals surface area contributed by atoms with Crippen molar-refractivity contribution in [2.75, 3.05) is 25.5 Å². The Labute approximate surface area is 126 Å². The Morgan fingerprint density at radius 3 is 2.95 bits per heavy atom. The summed E-state index contributed by atoms with van der Waals surface area (Å²) < 4.78 is 0. The first kappa shape index (κ1) is 14.0. The van der Waals surface area contributed by atoms with E-state index in [0.717, 1.165) is 31.7 Å². The lowest BCUT2D eigenvalue weighted by molar-refractivity contribution is 0.228. The number of nitrogens with zero attached hydrogens (tertiary/aromatic N) is 3. The van der Waals surface area contributed by atoms with Crippen molar-refractivity contribution >= 4 is 5.82 Å². The summed E-state index contributed by atoms with van der Waals surface area (Å²) in [6.07, 6.45) is 7.15. The minimum absolute atomic E-state index is 0.595. The number of hydrogen-bond acceptors (Lipinski definition) is 4. The van der Waals surface area contributed by atoms with E-state index in [1.54, 1.807) is 0 Å². The first-order valence-electron chi connectivity index (χ1n) is 7.61. The fourth-order valence-electron chi connectivity index (χ4n) is 2.92. The third-order valence-corrected chi connectivity index (χ3v) is 4.22. The van der Waals surface area contributed by atoms with Gasteiger partial charge in [-0.25, -0.2) is 4.98 Å². The van der Waals surface area contributed by atoms with Crippen molar-refractivity contribution in [2.24, 2.45) is 0 Å². The second-order valence-electron chi connectivity index (χ2n) is 5.63. The summed E-state index contributed by atoms with van der Waals surface area (Å²) in [6, 6.07) is 10.8. The zero-order valence-corrected chi connectivity index (χ0v) is 12.5. The molecule has 2 heterocycles. The summed E-state index contributed by atoms with van der Waals surface area (Å²) in [5.41, 5.74) is 2.70. The molecule has 0 aliphatic heterocycles. The normalized spacial score (nSPS) is 17.5. The quantitative estimate of drug-likeness (QED) is 0.914. The van der Waals surface area contributed by atoms with Crippen LogP contribution in [0, 0.1) is 0 Å². The zero-order chi connectivity index (χ0) is 14.5. The highest BCUT2D eigenvalue weighted by atomic mass is 15.1. The van der Waals surface area contributed by atoms with E-state index in [-0.39, 0.29) is 0 Å². The second kappa shape index (κ2) is 6.68. The highest BCUT2D eigenvalue weighted by Gasteiger charge is 2.22. The molecule has 0 saturated heterocycles. The number of aromatic nitrogens is 2. The van der Waals surface area contributed by atoms with E-state index in [9.17, 15) is 0 Å². The Bertz CT molecular complexity index is 570. The van der Waals surface area contributed by atoms with Gasteiger partial charge >= 0.3 is 0 Å². The molecule has 0 radical (unpaired) electrons. The smallest absolute Gasteiger partial charge is 0.125 e. The van der Waals surface area contributed by atoms with Crippen molar-refractivity contribution in [3.05, 3.63) is 54.0 Å². The molecule has 110 valence electrons. The third kappa shape index (κ3) is 3.58. The van der Waals surface area contributed by atoms with Crippen molar-refractivity contribution in [1.82, 2.24) is 14.9 Å². The number of anilines is 1. The van der Waals surface area contributed by atoms with Crippen LogP contribution in [0.25, 0.3) is 0 Å². The third-order valence-electron chi connectivity index (χ3n) is 4.22. The number of pyridine rings is 2. The molecule has 21 heavy (non-hydrogen) atoms. The van der Waals surface area contributed by atoms with Crippen LogP contribution in [0.5, 0.6) is 0 Å². The fraction of sp³-hybridized carbons (Fsp3) is 0.412. The van der Waals surface area contributed by atoms with Crippen LogP contribution in [0.2, 0.25) is 0 Å². The van der Waals surface area contributed by atoms with Gasteiger partial charge in [0.25, 0.3) is 0 Å². The summed E-state index contributed by atoms with van der Waals surface area (Å²) in [5, 5.41) is 3.37. The molecular weight excluding hydrogens is 260 g/mol. The van der Waals surface area contributed by atoms with Crippen LogP contribution in [0.4, 0.5) is 5.82 Å². The molecule has 1 aliphatic carbocycles. The van der Waals surface area contributed by atoms with E-state index < -0.39 is 0 Å². The van der Waals surface area contributed by atoms with Crippen LogP contribution in [-0.2, 0) is 12.8 Å². The van der Waals surface area contributed by atoms with Gasteiger partial charge in [0.2, 0.25) is 0 Å². The van der Waals surface area contributed by atoms with Crippen molar-refractivity contribution in [3.63, 3.8) is 0 Å². The molecule has 1 atom stereocenters. The van der Waals surface area contributed by atoms with Crippen LogP contribution < -0.4 is 5.32 Å². The number of likely N-dealkylation sites (N-methyl/N-ethyl adjacent to an activating group) is 1. The number of fused-ring (bicyclic) bond motifs is 1. The fourth-order valence-corrected chi connectivity index (χ4v) is 2.92. The Balaban J connectivity index is 1.49. The Kier molecular flexibility index (Phi) is 4.46. The first-order valence-corrected chi connectivity index (χ1v) is 7.61. The monoisotopic (exact) mass is 282 g/mol. The van der Waals surface area contributed by atoms with Gasteiger partial charge in [0.05, 0.1) is 0 Å². The minimum atomic E-state index is 0.595. The number of rotatable bonds is 5. The van der Waals surface area contributed by atoms with Gasteiger partial charge in [0, 0.05) is 43.6 Å². The van der Waals surface area contributed by atoms with Gasteiger partial charge < -0.3 is 10.2 Å². The van der Waals surface area contributed by atoms with Crippen molar-refractivity contribution < 1.29 is 0 Å². The van der Waals surface area contributed by atoms with E-state index in [1.165, 1.54) is 17.7 Å². The minimum Gasteiger partial charge on any atom is -0.369 e. The molecule has 4 nitrogen and oxygen atoms in total. The molecule has 1 N–H and O–H groups in total. The summed E-state index contributed by atoms with van der Waals surface area (Å²) >= 11 is 0. The zero-order valence-electron chi connectivity index (χ0n) is 12.5. The molecule has 2 aromatic heterocycles. The predicted octanol–water partition coefficient (Wildman–Crippen LogP) is 2.38. The van der Waals surface area contributed by atoms with Crippen molar-refractivity contribution in [1.29, 1.82) is 0 Å². The highest BCUT2D eigenvalue weighted by Crippen LogP contribution is 2.21. The molecular formula is C17H22N4. The van der Waals surface area contributed by atoms with Gasteiger partial charge in [-0.3, -0.25) is 4.98 Å². The van der Waals surface area contributed by atoms with Gasteiger partial charge in [0.1, 0.15) is 5.82 Å². The average Bonchev–Trinajstić information content (AvgIpc) is 2.55. The predicted molar refractivity (Wildman–Crippen MR) is 85.4 cm³/mol. The second-order valence-corrected chi connectivity index (χ2v) is 5.63. The van der Waals surface area contributed by atoms with Crippen LogP contribution in [0.3, 0.4) is 0 Å². The van der Waals surface area contributed by atoms with Gasteiger partial charge in [-0.05, 0) is 43.7 Å². The maximum Gasteiger partial charge on any atom is 0.125 e. The molecule has 4 heteroatoms. The van der Waals surface area contributed by atoms with Crippen molar-refractivity contribution in [3.8, 4) is 0 Å². The molecule has 3 rings (SSSR count). The van der Waals surface area contributed by atoms with Crippen LogP contribution in [-0.4, -0.2) is 41.0 Å². The maximum absolute atomic E-state index is 4.53. The molecule has 1 unspecified atom stereocenters. The Morgan fingerprint density at radius 1 is 1.19 bits per heavy atom. The summed E-state index contributed by atoms with van der Waals surface area (Å²) in [5.74, 6) is 0.946. The number of nitrogens with one attached hydrogen (secondary N) is 1. The molecule has 0 saturated carbocycles. The SMILES string of the molecule is CN(CCNc1ccccn1)C1CCc2cccnc2C1. The van der Waals surface area contributed by atoms with E-state index >= 15 is 0 Å². The average molecular weight is 282 g/mol. The van der Waals surface area contributed by atoms with Gasteiger partial charge in [-0.15, -0.1) is 0 Å². The first-order chi connectivity index (χ1) is 10.3. The summed E-state index contributed by atoms with van der Waals surface area (Å²) in [6.45, 7) is 1.93.